The molecule has 0 aromatic heterocycles. The van der Waals surface area contributed by atoms with Crippen LogP contribution in [0.4, 0.5) is 0 Å². The van der Waals surface area contributed by atoms with Gasteiger partial charge in [-0.2, -0.15) is 11.8 Å². The van der Waals surface area contributed by atoms with Gasteiger partial charge in [-0.1, -0.05) is 51.5 Å². The maximum absolute atomic E-state index is 6.19. The van der Waals surface area contributed by atoms with Crippen LogP contribution in [0.5, 0.6) is 0 Å². The molecule has 0 fully saturated rings. The molecule has 1 aromatic carbocycles. The first kappa shape index (κ1) is 14.6. The largest absolute Gasteiger partial charge is 0.323 e. The highest BCUT2D eigenvalue weighted by molar-refractivity contribution is 7.99. The second kappa shape index (κ2) is 7.78. The van der Waals surface area contributed by atoms with Gasteiger partial charge in [0.2, 0.25) is 0 Å². The van der Waals surface area contributed by atoms with Gasteiger partial charge in [0.05, 0.1) is 0 Å². The van der Waals surface area contributed by atoms with Gasteiger partial charge in [0.15, 0.2) is 0 Å². The lowest BCUT2D eigenvalue weighted by Gasteiger charge is -2.14. The molecule has 2 N–H and O–H groups in total. The third kappa shape index (κ3) is 5.13. The summed E-state index contributed by atoms with van der Waals surface area (Å²) >= 11 is 1.97. The third-order valence-electron chi connectivity index (χ3n) is 3.21. The molecule has 0 aliphatic rings. The van der Waals surface area contributed by atoms with Crippen molar-refractivity contribution in [2.24, 2.45) is 11.7 Å². The topological polar surface area (TPSA) is 26.0 Å². The van der Waals surface area contributed by atoms with Gasteiger partial charge in [-0.3, -0.25) is 0 Å². The first-order valence-electron chi connectivity index (χ1n) is 6.59. The second-order valence-corrected chi connectivity index (χ2v) is 5.83. The zero-order valence-electron chi connectivity index (χ0n) is 11.3. The van der Waals surface area contributed by atoms with Crippen LogP contribution in [0.3, 0.4) is 0 Å². The number of thioether (sulfide) groups is 1. The number of nitrogens with two attached hydrogens (primary N) is 1. The maximum atomic E-state index is 6.19. The van der Waals surface area contributed by atoms with Crippen molar-refractivity contribution in [1.29, 1.82) is 0 Å². The monoisotopic (exact) mass is 251 g/mol. The first-order valence-corrected chi connectivity index (χ1v) is 7.75. The summed E-state index contributed by atoms with van der Waals surface area (Å²) in [5.74, 6) is 3.04. The highest BCUT2D eigenvalue weighted by Gasteiger charge is 2.07. The Balaban J connectivity index is 2.38. The van der Waals surface area contributed by atoms with Crippen LogP contribution in [-0.4, -0.2) is 11.5 Å². The van der Waals surface area contributed by atoms with E-state index in [1.54, 1.807) is 0 Å². The normalized spacial score (nSPS) is 14.6. The molecule has 2 unspecified atom stereocenters. The highest BCUT2D eigenvalue weighted by atomic mass is 32.2. The quantitative estimate of drug-likeness (QED) is 0.792. The molecular formula is C15H25NS. The summed E-state index contributed by atoms with van der Waals surface area (Å²) in [6.07, 6.45) is 2.35. The Kier molecular flexibility index (Phi) is 6.68. The lowest BCUT2D eigenvalue weighted by atomic mass is 10.1. The van der Waals surface area contributed by atoms with Crippen LogP contribution < -0.4 is 5.73 Å². The molecule has 96 valence electrons. The van der Waals surface area contributed by atoms with E-state index in [-0.39, 0.29) is 6.04 Å². The van der Waals surface area contributed by atoms with Crippen molar-refractivity contribution in [2.45, 2.75) is 39.7 Å². The van der Waals surface area contributed by atoms with E-state index in [0.717, 1.165) is 18.1 Å². The zero-order valence-corrected chi connectivity index (χ0v) is 12.1. The van der Waals surface area contributed by atoms with Crippen LogP contribution in [0.1, 0.15) is 44.4 Å². The number of rotatable bonds is 7. The molecule has 0 saturated heterocycles. The van der Waals surface area contributed by atoms with E-state index in [1.807, 2.05) is 11.8 Å². The highest BCUT2D eigenvalue weighted by Crippen LogP contribution is 2.19. The molecule has 0 aliphatic carbocycles. The lowest BCUT2D eigenvalue weighted by molar-refractivity contribution is 0.636. The van der Waals surface area contributed by atoms with Gasteiger partial charge in [-0.25, -0.2) is 0 Å². The summed E-state index contributed by atoms with van der Waals surface area (Å²) in [4.78, 5) is 0. The van der Waals surface area contributed by atoms with Gasteiger partial charge in [-0.05, 0) is 29.2 Å². The Morgan fingerprint density at radius 1 is 1.12 bits per heavy atom. The SMILES string of the molecule is CCc1ccc(C(N)CSCC(C)CC)cc1. The van der Waals surface area contributed by atoms with Crippen molar-refractivity contribution < 1.29 is 0 Å². The number of hydrogen-bond donors (Lipinski definition) is 1. The molecule has 0 spiro atoms. The Hall–Kier alpha value is -0.470. The zero-order chi connectivity index (χ0) is 12.7. The molecule has 0 aliphatic heterocycles. The molecular weight excluding hydrogens is 226 g/mol. The second-order valence-electron chi connectivity index (χ2n) is 4.75. The molecule has 0 amide bonds. The Morgan fingerprint density at radius 2 is 1.76 bits per heavy atom. The predicted molar refractivity (Wildman–Crippen MR) is 79.5 cm³/mol. The summed E-state index contributed by atoms with van der Waals surface area (Å²) < 4.78 is 0. The van der Waals surface area contributed by atoms with Crippen molar-refractivity contribution in [3.63, 3.8) is 0 Å². The minimum atomic E-state index is 0.176. The number of aryl methyl sites for hydroxylation is 1. The Labute approximate surface area is 110 Å². The van der Waals surface area contributed by atoms with Crippen molar-refractivity contribution in [1.82, 2.24) is 0 Å². The fourth-order valence-electron chi connectivity index (χ4n) is 1.61. The van der Waals surface area contributed by atoms with E-state index in [0.29, 0.717) is 0 Å². The fraction of sp³-hybridized carbons (Fsp3) is 0.600. The minimum Gasteiger partial charge on any atom is -0.323 e. The van der Waals surface area contributed by atoms with Gasteiger partial charge >= 0.3 is 0 Å². The van der Waals surface area contributed by atoms with E-state index >= 15 is 0 Å². The molecule has 2 atom stereocenters. The number of benzene rings is 1. The van der Waals surface area contributed by atoms with Gasteiger partial charge in [0.1, 0.15) is 0 Å². The van der Waals surface area contributed by atoms with Crippen molar-refractivity contribution in [3.05, 3.63) is 35.4 Å². The minimum absolute atomic E-state index is 0.176. The summed E-state index contributed by atoms with van der Waals surface area (Å²) in [6, 6.07) is 8.90. The standard InChI is InChI=1S/C15H25NS/c1-4-12(3)10-17-11-15(16)14-8-6-13(5-2)7-9-14/h6-9,12,15H,4-5,10-11,16H2,1-3H3. The first-order chi connectivity index (χ1) is 8.17. The van der Waals surface area contributed by atoms with E-state index in [9.17, 15) is 0 Å². The van der Waals surface area contributed by atoms with E-state index in [1.165, 1.54) is 23.3 Å². The third-order valence-corrected chi connectivity index (χ3v) is 4.61. The van der Waals surface area contributed by atoms with Crippen LogP contribution >= 0.6 is 11.8 Å². The maximum Gasteiger partial charge on any atom is 0.0386 e. The molecule has 2 heteroatoms. The van der Waals surface area contributed by atoms with Crippen LogP contribution in [0.2, 0.25) is 0 Å². The summed E-state index contributed by atoms with van der Waals surface area (Å²) in [5.41, 5.74) is 8.84. The molecule has 0 heterocycles. The van der Waals surface area contributed by atoms with E-state index in [4.69, 9.17) is 5.73 Å². The molecule has 0 radical (unpaired) electrons. The van der Waals surface area contributed by atoms with Crippen molar-refractivity contribution in [2.75, 3.05) is 11.5 Å². The van der Waals surface area contributed by atoms with Crippen molar-refractivity contribution >= 4 is 11.8 Å². The molecule has 0 bridgehead atoms. The lowest BCUT2D eigenvalue weighted by Crippen LogP contribution is -2.14. The van der Waals surface area contributed by atoms with Gasteiger partial charge in [0, 0.05) is 11.8 Å². The van der Waals surface area contributed by atoms with E-state index in [2.05, 4.69) is 45.0 Å². The fourth-order valence-corrected chi connectivity index (χ4v) is 2.83. The molecule has 1 rings (SSSR count). The van der Waals surface area contributed by atoms with Gasteiger partial charge < -0.3 is 5.73 Å². The molecule has 17 heavy (non-hydrogen) atoms. The number of hydrogen-bond acceptors (Lipinski definition) is 2. The smallest absolute Gasteiger partial charge is 0.0386 e. The average molecular weight is 251 g/mol. The summed E-state index contributed by atoms with van der Waals surface area (Å²) in [5, 5.41) is 0. The van der Waals surface area contributed by atoms with Crippen LogP contribution in [0.15, 0.2) is 24.3 Å². The Bertz CT molecular complexity index is 307. The van der Waals surface area contributed by atoms with Crippen LogP contribution in [0, 0.1) is 5.92 Å². The van der Waals surface area contributed by atoms with Crippen LogP contribution in [0.25, 0.3) is 0 Å². The summed E-state index contributed by atoms with van der Waals surface area (Å²) in [6.45, 7) is 6.72. The van der Waals surface area contributed by atoms with Gasteiger partial charge in [0.25, 0.3) is 0 Å². The molecule has 0 saturated carbocycles. The Morgan fingerprint density at radius 3 is 2.29 bits per heavy atom. The molecule has 1 aromatic rings. The van der Waals surface area contributed by atoms with Gasteiger partial charge in [-0.15, -0.1) is 0 Å². The van der Waals surface area contributed by atoms with E-state index < -0.39 is 0 Å². The molecule has 1 nitrogen and oxygen atoms in total. The van der Waals surface area contributed by atoms with Crippen molar-refractivity contribution in [3.8, 4) is 0 Å². The average Bonchev–Trinajstić information content (AvgIpc) is 2.38. The summed E-state index contributed by atoms with van der Waals surface area (Å²) in [7, 11) is 0. The van der Waals surface area contributed by atoms with Crippen LogP contribution in [-0.2, 0) is 6.42 Å². The predicted octanol–water partition coefficient (Wildman–Crippen LogP) is 4.03.